The molecular weight excluding hydrogens is 222 g/mol. The maximum absolute atomic E-state index is 9.18. The Bertz CT molecular complexity index is 383. The normalized spacial score (nSPS) is 16.8. The molecule has 100 valence electrons. The van der Waals surface area contributed by atoms with Gasteiger partial charge in [-0.2, -0.15) is 0 Å². The van der Waals surface area contributed by atoms with Crippen molar-refractivity contribution in [3.63, 3.8) is 0 Å². The van der Waals surface area contributed by atoms with Gasteiger partial charge in [0.25, 0.3) is 0 Å². The van der Waals surface area contributed by atoms with Crippen molar-refractivity contribution in [1.82, 2.24) is 0 Å². The van der Waals surface area contributed by atoms with Crippen molar-refractivity contribution in [3.05, 3.63) is 29.3 Å². The number of hydrogen-bond acceptors (Lipinski definition) is 2. The number of hydrogen-bond donors (Lipinski definition) is 1. The van der Waals surface area contributed by atoms with Gasteiger partial charge >= 0.3 is 0 Å². The molecule has 1 fully saturated rings. The molecule has 1 aliphatic rings. The first kappa shape index (κ1) is 13.4. The lowest BCUT2D eigenvalue weighted by molar-refractivity contribution is 0.282. The number of aliphatic hydroxyl groups excluding tert-OH is 1. The van der Waals surface area contributed by atoms with E-state index in [1.54, 1.807) is 0 Å². The molecule has 1 aliphatic carbocycles. The summed E-state index contributed by atoms with van der Waals surface area (Å²) >= 11 is 0. The van der Waals surface area contributed by atoms with Gasteiger partial charge in [0.05, 0.1) is 6.61 Å². The van der Waals surface area contributed by atoms with E-state index in [4.69, 9.17) is 0 Å². The SMILES string of the molecule is CCN(c1ccc(CO)cc1C)C1CCCCC1. The van der Waals surface area contributed by atoms with Crippen LogP contribution in [0.15, 0.2) is 18.2 Å². The van der Waals surface area contributed by atoms with E-state index in [0.29, 0.717) is 6.04 Å². The third-order valence-electron chi connectivity index (χ3n) is 4.11. The van der Waals surface area contributed by atoms with Crippen molar-refractivity contribution in [1.29, 1.82) is 0 Å². The predicted molar refractivity (Wildman–Crippen MR) is 77.0 cm³/mol. The van der Waals surface area contributed by atoms with Gasteiger partial charge < -0.3 is 10.0 Å². The van der Waals surface area contributed by atoms with Crippen molar-refractivity contribution in [2.75, 3.05) is 11.4 Å². The Morgan fingerprint density at radius 3 is 2.50 bits per heavy atom. The summed E-state index contributed by atoms with van der Waals surface area (Å²) in [4.78, 5) is 2.55. The van der Waals surface area contributed by atoms with E-state index >= 15 is 0 Å². The standard InChI is InChI=1S/C16H25NO/c1-3-17(15-7-5-4-6-8-15)16-10-9-14(12-18)11-13(16)2/h9-11,15,18H,3-8,12H2,1-2H3. The Morgan fingerprint density at radius 1 is 1.22 bits per heavy atom. The second-order valence-electron chi connectivity index (χ2n) is 5.36. The third-order valence-corrected chi connectivity index (χ3v) is 4.11. The molecule has 0 aromatic heterocycles. The van der Waals surface area contributed by atoms with E-state index in [2.05, 4.69) is 30.9 Å². The lowest BCUT2D eigenvalue weighted by Gasteiger charge is -2.36. The molecule has 0 saturated heterocycles. The zero-order valence-electron chi connectivity index (χ0n) is 11.7. The van der Waals surface area contributed by atoms with Gasteiger partial charge in [-0.15, -0.1) is 0 Å². The van der Waals surface area contributed by atoms with E-state index in [1.807, 2.05) is 6.07 Å². The van der Waals surface area contributed by atoms with Crippen molar-refractivity contribution in [3.8, 4) is 0 Å². The zero-order valence-corrected chi connectivity index (χ0v) is 11.7. The minimum atomic E-state index is 0.136. The molecule has 1 aromatic carbocycles. The highest BCUT2D eigenvalue weighted by Crippen LogP contribution is 2.29. The van der Waals surface area contributed by atoms with E-state index in [9.17, 15) is 5.11 Å². The predicted octanol–water partition coefficient (Wildman–Crippen LogP) is 3.65. The first-order chi connectivity index (χ1) is 8.76. The van der Waals surface area contributed by atoms with Gasteiger partial charge in [0.15, 0.2) is 0 Å². The molecule has 2 rings (SSSR count). The van der Waals surface area contributed by atoms with Crippen LogP contribution in [0.2, 0.25) is 0 Å². The van der Waals surface area contributed by atoms with Gasteiger partial charge in [-0.1, -0.05) is 31.4 Å². The van der Waals surface area contributed by atoms with Crippen LogP contribution in [0.4, 0.5) is 5.69 Å². The second-order valence-corrected chi connectivity index (χ2v) is 5.36. The maximum atomic E-state index is 9.18. The van der Waals surface area contributed by atoms with Crippen LogP contribution in [0.3, 0.4) is 0 Å². The summed E-state index contributed by atoms with van der Waals surface area (Å²) in [5, 5.41) is 9.18. The first-order valence-electron chi connectivity index (χ1n) is 7.23. The molecule has 0 heterocycles. The van der Waals surface area contributed by atoms with E-state index in [0.717, 1.165) is 12.1 Å². The molecule has 0 unspecified atom stereocenters. The summed E-state index contributed by atoms with van der Waals surface area (Å²) in [5.41, 5.74) is 3.64. The molecule has 18 heavy (non-hydrogen) atoms. The highest BCUT2D eigenvalue weighted by molar-refractivity contribution is 5.55. The third kappa shape index (κ3) is 2.86. The number of anilines is 1. The van der Waals surface area contributed by atoms with Crippen molar-refractivity contribution in [2.45, 2.75) is 58.6 Å². The Kier molecular flexibility index (Phi) is 4.65. The average Bonchev–Trinajstić information content (AvgIpc) is 2.42. The van der Waals surface area contributed by atoms with Crippen LogP contribution in [0.5, 0.6) is 0 Å². The molecule has 2 nitrogen and oxygen atoms in total. The van der Waals surface area contributed by atoms with Gasteiger partial charge in [-0.05, 0) is 43.9 Å². The minimum absolute atomic E-state index is 0.136. The molecule has 0 atom stereocenters. The molecule has 0 spiro atoms. The highest BCUT2D eigenvalue weighted by Gasteiger charge is 2.21. The largest absolute Gasteiger partial charge is 0.392 e. The van der Waals surface area contributed by atoms with Crippen LogP contribution in [0.25, 0.3) is 0 Å². The van der Waals surface area contributed by atoms with Gasteiger partial charge in [0, 0.05) is 18.3 Å². The lowest BCUT2D eigenvalue weighted by Crippen LogP contribution is -2.37. The van der Waals surface area contributed by atoms with Gasteiger partial charge in [0.2, 0.25) is 0 Å². The van der Waals surface area contributed by atoms with Crippen LogP contribution in [0, 0.1) is 6.92 Å². The second kappa shape index (κ2) is 6.24. The monoisotopic (exact) mass is 247 g/mol. The number of aliphatic hydroxyl groups is 1. The summed E-state index contributed by atoms with van der Waals surface area (Å²) in [7, 11) is 0. The quantitative estimate of drug-likeness (QED) is 0.878. The molecule has 1 aromatic rings. The highest BCUT2D eigenvalue weighted by atomic mass is 16.3. The van der Waals surface area contributed by atoms with Gasteiger partial charge in [-0.3, -0.25) is 0 Å². The number of nitrogens with zero attached hydrogens (tertiary/aromatic N) is 1. The summed E-state index contributed by atoms with van der Waals surface area (Å²) in [6.45, 7) is 5.61. The molecule has 2 heteroatoms. The van der Waals surface area contributed by atoms with E-state index < -0.39 is 0 Å². The summed E-state index contributed by atoms with van der Waals surface area (Å²) in [5.74, 6) is 0. The topological polar surface area (TPSA) is 23.5 Å². The molecule has 0 aliphatic heterocycles. The Balaban J connectivity index is 2.20. The van der Waals surface area contributed by atoms with Crippen LogP contribution < -0.4 is 4.90 Å². The Hall–Kier alpha value is -1.02. The van der Waals surface area contributed by atoms with E-state index in [1.165, 1.54) is 43.4 Å². The van der Waals surface area contributed by atoms with Gasteiger partial charge in [0.1, 0.15) is 0 Å². The fourth-order valence-corrected chi connectivity index (χ4v) is 3.16. The lowest BCUT2D eigenvalue weighted by atomic mass is 9.93. The fraction of sp³-hybridized carbons (Fsp3) is 0.625. The Labute approximate surface area is 111 Å². The summed E-state index contributed by atoms with van der Waals surface area (Å²) in [6.07, 6.45) is 6.80. The molecule has 0 amide bonds. The van der Waals surface area contributed by atoms with Crippen LogP contribution in [-0.4, -0.2) is 17.7 Å². The summed E-state index contributed by atoms with van der Waals surface area (Å²) < 4.78 is 0. The average molecular weight is 247 g/mol. The summed E-state index contributed by atoms with van der Waals surface area (Å²) in [6, 6.07) is 7.05. The van der Waals surface area contributed by atoms with Crippen LogP contribution in [-0.2, 0) is 6.61 Å². The van der Waals surface area contributed by atoms with E-state index in [-0.39, 0.29) is 6.61 Å². The first-order valence-corrected chi connectivity index (χ1v) is 7.23. The number of benzene rings is 1. The Morgan fingerprint density at radius 2 is 1.94 bits per heavy atom. The molecule has 1 N–H and O–H groups in total. The number of rotatable bonds is 4. The smallest absolute Gasteiger partial charge is 0.0681 e. The molecule has 0 radical (unpaired) electrons. The van der Waals surface area contributed by atoms with Crippen LogP contribution in [0.1, 0.15) is 50.2 Å². The van der Waals surface area contributed by atoms with Crippen molar-refractivity contribution < 1.29 is 5.11 Å². The fourth-order valence-electron chi connectivity index (χ4n) is 3.16. The molecule has 1 saturated carbocycles. The van der Waals surface area contributed by atoms with Crippen molar-refractivity contribution in [2.24, 2.45) is 0 Å². The minimum Gasteiger partial charge on any atom is -0.392 e. The molecular formula is C16H25NO. The van der Waals surface area contributed by atoms with Crippen LogP contribution >= 0.6 is 0 Å². The molecule has 0 bridgehead atoms. The zero-order chi connectivity index (χ0) is 13.0. The van der Waals surface area contributed by atoms with Gasteiger partial charge in [-0.25, -0.2) is 0 Å². The van der Waals surface area contributed by atoms with Crippen molar-refractivity contribution >= 4 is 5.69 Å². The number of aryl methyl sites for hydroxylation is 1. The maximum Gasteiger partial charge on any atom is 0.0681 e.